The molecule has 0 saturated carbocycles. The molecule has 0 heterocycles. The van der Waals surface area contributed by atoms with Crippen molar-refractivity contribution in [2.75, 3.05) is 33.8 Å². The quantitative estimate of drug-likeness (QED) is 0.590. The standard InChI is InChI=1S/C17H24N2O2/c1-19(2)13-7-6-12-18-17(21)16-11-4-3-9-15(16)10-5-8-14-20/h3-4,9,11,20H,6-8,12-14H2,1-2H3,(H,18,21). The summed E-state index contributed by atoms with van der Waals surface area (Å²) in [6.07, 6.45) is 2.44. The molecule has 0 aliphatic rings. The van der Waals surface area contributed by atoms with Crippen LogP contribution >= 0.6 is 0 Å². The van der Waals surface area contributed by atoms with E-state index in [-0.39, 0.29) is 12.5 Å². The molecule has 1 aromatic rings. The Morgan fingerprint density at radius 3 is 2.76 bits per heavy atom. The molecule has 0 unspecified atom stereocenters. The second-order valence-electron chi connectivity index (χ2n) is 5.09. The fraction of sp³-hybridized carbons (Fsp3) is 0.471. The van der Waals surface area contributed by atoms with Crippen LogP contribution in [0.5, 0.6) is 0 Å². The molecule has 2 N–H and O–H groups in total. The number of nitrogens with zero attached hydrogens (tertiary/aromatic N) is 1. The minimum absolute atomic E-state index is 0.0350. The first kappa shape index (κ1) is 17.2. The molecule has 0 aliphatic carbocycles. The van der Waals surface area contributed by atoms with Gasteiger partial charge in [0.15, 0.2) is 0 Å². The van der Waals surface area contributed by atoms with Crippen LogP contribution in [0, 0.1) is 11.8 Å². The number of carbonyl (C=O) groups excluding carboxylic acids is 1. The smallest absolute Gasteiger partial charge is 0.252 e. The molecule has 0 saturated heterocycles. The summed E-state index contributed by atoms with van der Waals surface area (Å²) in [5.74, 6) is 5.69. The molecule has 0 bridgehead atoms. The molecule has 1 rings (SSSR count). The van der Waals surface area contributed by atoms with E-state index in [0.717, 1.165) is 19.4 Å². The minimum Gasteiger partial charge on any atom is -0.395 e. The molecule has 21 heavy (non-hydrogen) atoms. The van der Waals surface area contributed by atoms with Crippen molar-refractivity contribution in [1.82, 2.24) is 10.2 Å². The molecule has 114 valence electrons. The van der Waals surface area contributed by atoms with E-state index in [0.29, 0.717) is 24.1 Å². The van der Waals surface area contributed by atoms with Gasteiger partial charge in [-0.3, -0.25) is 4.79 Å². The van der Waals surface area contributed by atoms with E-state index in [4.69, 9.17) is 5.11 Å². The largest absolute Gasteiger partial charge is 0.395 e. The van der Waals surface area contributed by atoms with Crippen LogP contribution < -0.4 is 5.32 Å². The van der Waals surface area contributed by atoms with Gasteiger partial charge in [-0.1, -0.05) is 24.0 Å². The molecular formula is C17H24N2O2. The average molecular weight is 288 g/mol. The number of aliphatic hydroxyl groups is 1. The Bertz CT molecular complexity index is 501. The summed E-state index contributed by atoms with van der Waals surface area (Å²) in [6, 6.07) is 7.29. The van der Waals surface area contributed by atoms with Crippen LogP contribution in [0.1, 0.15) is 35.2 Å². The van der Waals surface area contributed by atoms with Crippen LogP contribution in [-0.2, 0) is 0 Å². The van der Waals surface area contributed by atoms with Crippen molar-refractivity contribution in [2.24, 2.45) is 0 Å². The normalized spacial score (nSPS) is 10.1. The Morgan fingerprint density at radius 2 is 2.05 bits per heavy atom. The molecule has 0 radical (unpaired) electrons. The van der Waals surface area contributed by atoms with Crippen molar-refractivity contribution in [3.8, 4) is 11.8 Å². The van der Waals surface area contributed by atoms with Gasteiger partial charge >= 0.3 is 0 Å². The summed E-state index contributed by atoms with van der Waals surface area (Å²) in [5, 5.41) is 11.7. The van der Waals surface area contributed by atoms with Gasteiger partial charge in [0, 0.05) is 18.5 Å². The van der Waals surface area contributed by atoms with Crippen LogP contribution in [0.3, 0.4) is 0 Å². The fourth-order valence-electron chi connectivity index (χ4n) is 1.85. The maximum Gasteiger partial charge on any atom is 0.252 e. The maximum absolute atomic E-state index is 12.2. The van der Waals surface area contributed by atoms with Crippen molar-refractivity contribution < 1.29 is 9.90 Å². The zero-order valence-corrected chi connectivity index (χ0v) is 12.9. The highest BCUT2D eigenvalue weighted by atomic mass is 16.2. The summed E-state index contributed by atoms with van der Waals surface area (Å²) < 4.78 is 0. The number of hydrogen-bond acceptors (Lipinski definition) is 3. The molecule has 4 heteroatoms. The van der Waals surface area contributed by atoms with Crippen LogP contribution in [0.2, 0.25) is 0 Å². The lowest BCUT2D eigenvalue weighted by Crippen LogP contribution is -2.26. The lowest BCUT2D eigenvalue weighted by molar-refractivity contribution is 0.0952. The van der Waals surface area contributed by atoms with Crippen molar-refractivity contribution >= 4 is 5.91 Å². The third-order valence-electron chi connectivity index (χ3n) is 2.95. The van der Waals surface area contributed by atoms with Gasteiger partial charge in [0.25, 0.3) is 5.91 Å². The Hall–Kier alpha value is -1.83. The highest BCUT2D eigenvalue weighted by Gasteiger charge is 2.08. The third-order valence-corrected chi connectivity index (χ3v) is 2.95. The SMILES string of the molecule is CN(C)CCCCNC(=O)c1ccccc1C#CCCO. The molecule has 1 aromatic carbocycles. The highest BCUT2D eigenvalue weighted by Crippen LogP contribution is 2.07. The molecule has 4 nitrogen and oxygen atoms in total. The second kappa shape index (κ2) is 9.98. The monoisotopic (exact) mass is 288 g/mol. The molecule has 0 atom stereocenters. The Kier molecular flexibility index (Phi) is 8.18. The van der Waals surface area contributed by atoms with Crippen LogP contribution in [0.4, 0.5) is 0 Å². The fourth-order valence-corrected chi connectivity index (χ4v) is 1.85. The number of rotatable bonds is 7. The number of hydrogen-bond donors (Lipinski definition) is 2. The van der Waals surface area contributed by atoms with Crippen molar-refractivity contribution in [3.63, 3.8) is 0 Å². The van der Waals surface area contributed by atoms with Gasteiger partial charge in [-0.2, -0.15) is 0 Å². The second-order valence-corrected chi connectivity index (χ2v) is 5.09. The zero-order chi connectivity index (χ0) is 15.5. The Labute approximate surface area is 127 Å². The third kappa shape index (κ3) is 6.94. The van der Waals surface area contributed by atoms with Gasteiger partial charge in [0.1, 0.15) is 0 Å². The van der Waals surface area contributed by atoms with Crippen molar-refractivity contribution in [3.05, 3.63) is 35.4 Å². The molecule has 0 fully saturated rings. The van der Waals surface area contributed by atoms with E-state index in [1.54, 1.807) is 6.07 Å². The zero-order valence-electron chi connectivity index (χ0n) is 12.9. The average Bonchev–Trinajstić information content (AvgIpc) is 2.47. The van der Waals surface area contributed by atoms with Gasteiger partial charge < -0.3 is 15.3 Å². The summed E-state index contributed by atoms with van der Waals surface area (Å²) in [4.78, 5) is 14.3. The van der Waals surface area contributed by atoms with Gasteiger partial charge in [-0.25, -0.2) is 0 Å². The maximum atomic E-state index is 12.2. The van der Waals surface area contributed by atoms with Gasteiger partial charge in [-0.15, -0.1) is 0 Å². The number of aliphatic hydroxyl groups excluding tert-OH is 1. The molecule has 0 spiro atoms. The molecule has 1 amide bonds. The van der Waals surface area contributed by atoms with Crippen molar-refractivity contribution in [2.45, 2.75) is 19.3 Å². The van der Waals surface area contributed by atoms with Crippen LogP contribution in [-0.4, -0.2) is 49.7 Å². The Morgan fingerprint density at radius 1 is 1.29 bits per heavy atom. The summed E-state index contributed by atoms with van der Waals surface area (Å²) >= 11 is 0. The number of amides is 1. The van der Waals surface area contributed by atoms with E-state index >= 15 is 0 Å². The summed E-state index contributed by atoms with van der Waals surface area (Å²) in [6.45, 7) is 1.73. The number of nitrogens with one attached hydrogen (secondary N) is 1. The topological polar surface area (TPSA) is 52.6 Å². The van der Waals surface area contributed by atoms with Crippen molar-refractivity contribution in [1.29, 1.82) is 0 Å². The highest BCUT2D eigenvalue weighted by molar-refractivity contribution is 5.96. The first-order valence-electron chi connectivity index (χ1n) is 7.27. The lowest BCUT2D eigenvalue weighted by Gasteiger charge is -2.10. The van der Waals surface area contributed by atoms with Crippen LogP contribution in [0.15, 0.2) is 24.3 Å². The predicted octanol–water partition coefficient (Wildman–Crippen LogP) is 1.49. The molecular weight excluding hydrogens is 264 g/mol. The predicted molar refractivity (Wildman–Crippen MR) is 85.1 cm³/mol. The van der Waals surface area contributed by atoms with Gasteiger partial charge in [0.05, 0.1) is 12.2 Å². The van der Waals surface area contributed by atoms with Gasteiger partial charge in [-0.05, 0) is 45.6 Å². The number of carbonyl (C=O) groups is 1. The van der Waals surface area contributed by atoms with E-state index in [1.165, 1.54) is 0 Å². The first-order valence-corrected chi connectivity index (χ1v) is 7.27. The van der Waals surface area contributed by atoms with E-state index in [1.807, 2.05) is 32.3 Å². The minimum atomic E-state index is -0.0891. The Balaban J connectivity index is 2.52. The van der Waals surface area contributed by atoms with E-state index < -0.39 is 0 Å². The van der Waals surface area contributed by atoms with E-state index in [2.05, 4.69) is 22.1 Å². The number of benzene rings is 1. The summed E-state index contributed by atoms with van der Waals surface area (Å²) in [5.41, 5.74) is 1.30. The molecule has 0 aromatic heterocycles. The lowest BCUT2D eigenvalue weighted by atomic mass is 10.1. The van der Waals surface area contributed by atoms with Crippen LogP contribution in [0.25, 0.3) is 0 Å². The summed E-state index contributed by atoms with van der Waals surface area (Å²) in [7, 11) is 4.08. The van der Waals surface area contributed by atoms with E-state index in [9.17, 15) is 4.79 Å². The number of unbranched alkanes of at least 4 members (excludes halogenated alkanes) is 1. The first-order chi connectivity index (χ1) is 10.1. The molecule has 0 aliphatic heterocycles. The van der Waals surface area contributed by atoms with Gasteiger partial charge in [0.2, 0.25) is 0 Å².